The van der Waals surface area contributed by atoms with E-state index in [1.54, 1.807) is 6.20 Å². The minimum Gasteiger partial charge on any atom is -0.396 e. The van der Waals surface area contributed by atoms with E-state index < -0.39 is 0 Å². The first kappa shape index (κ1) is 16.4. The van der Waals surface area contributed by atoms with Crippen molar-refractivity contribution in [2.75, 3.05) is 32.8 Å². The zero-order valence-corrected chi connectivity index (χ0v) is 13.8. The molecule has 2 saturated heterocycles. The number of carbonyl (C=O) groups is 1. The van der Waals surface area contributed by atoms with Crippen LogP contribution in [0.4, 0.5) is 0 Å². The third-order valence-corrected chi connectivity index (χ3v) is 5.20. The fourth-order valence-electron chi connectivity index (χ4n) is 4.06. The first-order chi connectivity index (χ1) is 11.2. The minimum atomic E-state index is 0.233. The van der Waals surface area contributed by atoms with Crippen molar-refractivity contribution >= 4 is 5.91 Å². The molecule has 23 heavy (non-hydrogen) atoms. The molecule has 0 bridgehead atoms. The Bertz CT molecular complexity index is 522. The summed E-state index contributed by atoms with van der Waals surface area (Å²) in [5, 5.41) is 9.05. The number of aliphatic hydroxyl groups excluding tert-OH is 1. The SMILES string of the molecule is O=C1CCC2(CCCN(CCCO)C2)CN1Cc1ccccn1. The lowest BCUT2D eigenvalue weighted by Crippen LogP contribution is -2.53. The van der Waals surface area contributed by atoms with Gasteiger partial charge in [0.15, 0.2) is 0 Å². The van der Waals surface area contributed by atoms with Crippen LogP contribution in [0.15, 0.2) is 24.4 Å². The number of aliphatic hydroxyl groups is 1. The normalized spacial score (nSPS) is 26.0. The fourth-order valence-corrected chi connectivity index (χ4v) is 4.06. The Morgan fingerprint density at radius 3 is 2.96 bits per heavy atom. The number of amides is 1. The third kappa shape index (κ3) is 4.09. The minimum absolute atomic E-state index is 0.233. The van der Waals surface area contributed by atoms with E-state index >= 15 is 0 Å². The quantitative estimate of drug-likeness (QED) is 0.897. The van der Waals surface area contributed by atoms with Crippen molar-refractivity contribution in [2.24, 2.45) is 5.41 Å². The zero-order valence-electron chi connectivity index (χ0n) is 13.8. The molecule has 3 heterocycles. The molecule has 1 N–H and O–H groups in total. The van der Waals surface area contributed by atoms with Crippen molar-refractivity contribution < 1.29 is 9.90 Å². The highest BCUT2D eigenvalue weighted by molar-refractivity contribution is 5.77. The molecule has 2 aliphatic rings. The van der Waals surface area contributed by atoms with Crippen molar-refractivity contribution in [3.63, 3.8) is 0 Å². The van der Waals surface area contributed by atoms with Crippen LogP contribution in [0.1, 0.15) is 37.8 Å². The average Bonchev–Trinajstić information content (AvgIpc) is 2.58. The molecule has 1 amide bonds. The Kier molecular flexibility index (Phi) is 5.28. The summed E-state index contributed by atoms with van der Waals surface area (Å²) in [5.74, 6) is 0.258. The first-order valence-corrected chi connectivity index (χ1v) is 8.72. The number of aromatic nitrogens is 1. The van der Waals surface area contributed by atoms with Crippen molar-refractivity contribution in [1.29, 1.82) is 0 Å². The predicted octanol–water partition coefficient (Wildman–Crippen LogP) is 1.67. The lowest BCUT2D eigenvalue weighted by Gasteiger charge is -2.48. The van der Waals surface area contributed by atoms with Gasteiger partial charge >= 0.3 is 0 Å². The van der Waals surface area contributed by atoms with Crippen LogP contribution in [0.5, 0.6) is 0 Å². The number of pyridine rings is 1. The molecular formula is C18H27N3O2. The predicted molar refractivity (Wildman–Crippen MR) is 88.7 cm³/mol. The molecule has 1 aromatic heterocycles. The Hall–Kier alpha value is -1.46. The molecule has 2 aliphatic heterocycles. The van der Waals surface area contributed by atoms with Gasteiger partial charge in [0.05, 0.1) is 12.2 Å². The van der Waals surface area contributed by atoms with Crippen LogP contribution in [0.25, 0.3) is 0 Å². The van der Waals surface area contributed by atoms with Crippen LogP contribution in [0.2, 0.25) is 0 Å². The maximum Gasteiger partial charge on any atom is 0.222 e. The maximum absolute atomic E-state index is 12.3. The Morgan fingerprint density at radius 1 is 1.26 bits per heavy atom. The number of carbonyl (C=O) groups excluding carboxylic acids is 1. The lowest BCUT2D eigenvalue weighted by molar-refractivity contribution is -0.140. The molecule has 0 saturated carbocycles. The molecule has 1 aromatic rings. The number of nitrogens with zero attached hydrogens (tertiary/aromatic N) is 3. The van der Waals surface area contributed by atoms with Gasteiger partial charge in [0, 0.05) is 44.3 Å². The van der Waals surface area contributed by atoms with Crippen molar-refractivity contribution in [3.8, 4) is 0 Å². The summed E-state index contributed by atoms with van der Waals surface area (Å²) < 4.78 is 0. The van der Waals surface area contributed by atoms with Crippen LogP contribution in [-0.2, 0) is 11.3 Å². The molecule has 0 aromatic carbocycles. The second-order valence-corrected chi connectivity index (χ2v) is 7.03. The maximum atomic E-state index is 12.3. The smallest absolute Gasteiger partial charge is 0.222 e. The van der Waals surface area contributed by atoms with Gasteiger partial charge in [-0.3, -0.25) is 9.78 Å². The fraction of sp³-hybridized carbons (Fsp3) is 0.667. The summed E-state index contributed by atoms with van der Waals surface area (Å²) in [7, 11) is 0. The van der Waals surface area contributed by atoms with E-state index in [0.717, 1.165) is 44.7 Å². The molecule has 3 rings (SSSR count). The van der Waals surface area contributed by atoms with Gasteiger partial charge in [0.25, 0.3) is 0 Å². The standard InChI is InChI=1S/C18H27N3O2/c22-12-4-11-20-10-3-7-18(14-20)8-6-17(23)21(15-18)13-16-5-1-2-9-19-16/h1-2,5,9,22H,3-4,6-8,10-15H2. The second kappa shape index (κ2) is 7.41. The highest BCUT2D eigenvalue weighted by atomic mass is 16.3. The van der Waals surface area contributed by atoms with Gasteiger partial charge in [0.1, 0.15) is 0 Å². The highest BCUT2D eigenvalue weighted by Crippen LogP contribution is 2.39. The number of hydrogen-bond acceptors (Lipinski definition) is 4. The van der Waals surface area contributed by atoms with Gasteiger partial charge in [-0.05, 0) is 44.4 Å². The molecule has 0 radical (unpaired) electrons. The van der Waals surface area contributed by atoms with Crippen molar-refractivity contribution in [2.45, 2.75) is 38.6 Å². The molecule has 1 unspecified atom stereocenters. The van der Waals surface area contributed by atoms with E-state index in [2.05, 4.69) is 9.88 Å². The van der Waals surface area contributed by atoms with Gasteiger partial charge in [-0.2, -0.15) is 0 Å². The van der Waals surface area contributed by atoms with Crippen LogP contribution >= 0.6 is 0 Å². The average molecular weight is 317 g/mol. The van der Waals surface area contributed by atoms with Gasteiger partial charge in [-0.1, -0.05) is 6.07 Å². The largest absolute Gasteiger partial charge is 0.396 e. The van der Waals surface area contributed by atoms with Gasteiger partial charge in [0.2, 0.25) is 5.91 Å². The van der Waals surface area contributed by atoms with E-state index in [-0.39, 0.29) is 17.9 Å². The summed E-state index contributed by atoms with van der Waals surface area (Å²) >= 11 is 0. The Labute approximate surface area is 138 Å². The van der Waals surface area contributed by atoms with Crippen LogP contribution in [0, 0.1) is 5.41 Å². The number of piperidine rings is 2. The molecule has 126 valence electrons. The van der Waals surface area contributed by atoms with Gasteiger partial charge < -0.3 is 14.9 Å². The summed E-state index contributed by atoms with van der Waals surface area (Å²) in [6, 6.07) is 5.87. The summed E-state index contributed by atoms with van der Waals surface area (Å²) in [6.07, 6.45) is 6.68. The summed E-state index contributed by atoms with van der Waals surface area (Å²) in [4.78, 5) is 21.2. The summed E-state index contributed by atoms with van der Waals surface area (Å²) in [5.41, 5.74) is 1.20. The van der Waals surface area contributed by atoms with Crippen LogP contribution in [0.3, 0.4) is 0 Å². The van der Waals surface area contributed by atoms with Crippen LogP contribution in [-0.4, -0.2) is 58.6 Å². The monoisotopic (exact) mass is 317 g/mol. The third-order valence-electron chi connectivity index (χ3n) is 5.20. The molecule has 5 heteroatoms. The topological polar surface area (TPSA) is 56.7 Å². The zero-order chi connectivity index (χ0) is 16.1. The number of rotatable bonds is 5. The first-order valence-electron chi connectivity index (χ1n) is 8.72. The van der Waals surface area contributed by atoms with Gasteiger partial charge in [-0.15, -0.1) is 0 Å². The molecule has 5 nitrogen and oxygen atoms in total. The van der Waals surface area contributed by atoms with Gasteiger partial charge in [-0.25, -0.2) is 0 Å². The Morgan fingerprint density at radius 2 is 2.17 bits per heavy atom. The van der Waals surface area contributed by atoms with Crippen molar-refractivity contribution in [3.05, 3.63) is 30.1 Å². The molecule has 2 fully saturated rings. The number of hydrogen-bond donors (Lipinski definition) is 1. The lowest BCUT2D eigenvalue weighted by atomic mass is 9.73. The molecule has 1 spiro atoms. The molecule has 0 aliphatic carbocycles. The van der Waals surface area contributed by atoms with Crippen LogP contribution < -0.4 is 0 Å². The second-order valence-electron chi connectivity index (χ2n) is 7.03. The van der Waals surface area contributed by atoms with E-state index in [0.29, 0.717) is 13.0 Å². The van der Waals surface area contributed by atoms with E-state index in [9.17, 15) is 4.79 Å². The molecular weight excluding hydrogens is 290 g/mol. The molecule has 1 atom stereocenters. The highest BCUT2D eigenvalue weighted by Gasteiger charge is 2.41. The number of likely N-dealkylation sites (tertiary alicyclic amines) is 2. The van der Waals surface area contributed by atoms with Crippen molar-refractivity contribution in [1.82, 2.24) is 14.8 Å². The Balaban J connectivity index is 1.65. The van der Waals surface area contributed by atoms with E-state index in [4.69, 9.17) is 5.11 Å². The summed E-state index contributed by atoms with van der Waals surface area (Å²) in [6.45, 7) is 4.87. The van der Waals surface area contributed by atoms with E-state index in [1.165, 1.54) is 12.8 Å². The van der Waals surface area contributed by atoms with E-state index in [1.807, 2.05) is 23.1 Å².